The van der Waals surface area contributed by atoms with Crippen LogP contribution in [0.1, 0.15) is 47.3 Å². The number of carbonyl (C=O) groups excluding carboxylic acids is 2. The van der Waals surface area contributed by atoms with Crippen molar-refractivity contribution in [1.82, 2.24) is 19.6 Å². The second-order valence-electron chi connectivity index (χ2n) is 7.94. The van der Waals surface area contributed by atoms with Gasteiger partial charge < -0.3 is 9.80 Å². The molecule has 148 valence electrons. The molecule has 4 rings (SSSR count). The van der Waals surface area contributed by atoms with Crippen molar-refractivity contribution in [3.63, 3.8) is 0 Å². The van der Waals surface area contributed by atoms with E-state index in [2.05, 4.69) is 5.10 Å². The first-order valence-corrected chi connectivity index (χ1v) is 10.2. The van der Waals surface area contributed by atoms with Crippen LogP contribution in [0.3, 0.4) is 0 Å². The van der Waals surface area contributed by atoms with Crippen LogP contribution in [0.5, 0.6) is 0 Å². The van der Waals surface area contributed by atoms with Gasteiger partial charge in [-0.15, -0.1) is 0 Å². The third-order valence-corrected chi connectivity index (χ3v) is 6.13. The number of aryl methyl sites for hydroxylation is 1. The summed E-state index contributed by atoms with van der Waals surface area (Å²) in [7, 11) is 0. The van der Waals surface area contributed by atoms with Gasteiger partial charge in [0.15, 0.2) is 0 Å². The fraction of sp³-hybridized carbons (Fsp3) is 0.500. The molecule has 6 nitrogen and oxygen atoms in total. The van der Waals surface area contributed by atoms with Gasteiger partial charge in [0.2, 0.25) is 5.91 Å². The Morgan fingerprint density at radius 1 is 0.964 bits per heavy atom. The van der Waals surface area contributed by atoms with Crippen molar-refractivity contribution in [2.24, 2.45) is 5.92 Å². The Morgan fingerprint density at radius 2 is 1.64 bits per heavy atom. The number of hydrogen-bond acceptors (Lipinski definition) is 3. The van der Waals surface area contributed by atoms with Crippen molar-refractivity contribution in [1.29, 1.82) is 0 Å². The molecule has 2 fully saturated rings. The predicted octanol–water partition coefficient (Wildman–Crippen LogP) is 2.96. The number of nitrogens with zero attached hydrogens (tertiary/aromatic N) is 4. The topological polar surface area (TPSA) is 58.4 Å². The van der Waals surface area contributed by atoms with Crippen molar-refractivity contribution in [3.05, 3.63) is 47.3 Å². The summed E-state index contributed by atoms with van der Waals surface area (Å²) >= 11 is 0. The van der Waals surface area contributed by atoms with Crippen LogP contribution in [0.25, 0.3) is 5.69 Å². The average Bonchev–Trinajstić information content (AvgIpc) is 3.38. The minimum Gasteiger partial charge on any atom is -0.342 e. The van der Waals surface area contributed by atoms with E-state index in [-0.39, 0.29) is 17.7 Å². The Balaban J connectivity index is 1.43. The minimum atomic E-state index is 0.0180. The maximum Gasteiger partial charge on any atom is 0.257 e. The largest absolute Gasteiger partial charge is 0.342 e. The van der Waals surface area contributed by atoms with E-state index in [1.165, 1.54) is 0 Å². The highest BCUT2D eigenvalue weighted by atomic mass is 16.2. The molecular weight excluding hydrogens is 352 g/mol. The summed E-state index contributed by atoms with van der Waals surface area (Å²) in [5.41, 5.74) is 3.62. The van der Waals surface area contributed by atoms with Gasteiger partial charge in [-0.05, 0) is 51.2 Å². The molecule has 6 heteroatoms. The highest BCUT2D eigenvalue weighted by molar-refractivity contribution is 5.95. The van der Waals surface area contributed by atoms with E-state index >= 15 is 0 Å². The van der Waals surface area contributed by atoms with Crippen molar-refractivity contribution >= 4 is 11.8 Å². The molecule has 2 aliphatic heterocycles. The molecule has 0 aliphatic carbocycles. The van der Waals surface area contributed by atoms with E-state index in [4.69, 9.17) is 0 Å². The van der Waals surface area contributed by atoms with Gasteiger partial charge >= 0.3 is 0 Å². The molecule has 3 heterocycles. The molecule has 0 saturated carbocycles. The number of rotatable bonds is 3. The van der Waals surface area contributed by atoms with Gasteiger partial charge in [-0.2, -0.15) is 5.10 Å². The first kappa shape index (κ1) is 18.7. The number of likely N-dealkylation sites (tertiary alicyclic amines) is 2. The molecule has 2 amide bonds. The number of aromatic nitrogens is 2. The highest BCUT2D eigenvalue weighted by Crippen LogP contribution is 2.24. The van der Waals surface area contributed by atoms with Crippen molar-refractivity contribution in [2.75, 3.05) is 26.2 Å². The number of piperidine rings is 1. The summed E-state index contributed by atoms with van der Waals surface area (Å²) in [6.45, 7) is 7.05. The molecule has 0 N–H and O–H groups in total. The van der Waals surface area contributed by atoms with E-state index in [0.29, 0.717) is 18.7 Å². The van der Waals surface area contributed by atoms with E-state index in [1.54, 1.807) is 6.20 Å². The molecule has 0 spiro atoms. The summed E-state index contributed by atoms with van der Waals surface area (Å²) in [6.07, 6.45) is 5.42. The number of hydrogen-bond donors (Lipinski definition) is 0. The maximum absolute atomic E-state index is 13.1. The van der Waals surface area contributed by atoms with Gasteiger partial charge in [0, 0.05) is 32.1 Å². The van der Waals surface area contributed by atoms with Gasteiger partial charge in [-0.3, -0.25) is 9.59 Å². The third kappa shape index (κ3) is 3.43. The highest BCUT2D eigenvalue weighted by Gasteiger charge is 2.32. The Hall–Kier alpha value is -2.63. The fourth-order valence-corrected chi connectivity index (χ4v) is 4.36. The molecule has 2 aromatic rings. The van der Waals surface area contributed by atoms with Crippen molar-refractivity contribution < 1.29 is 9.59 Å². The quantitative estimate of drug-likeness (QED) is 0.823. The lowest BCUT2D eigenvalue weighted by Gasteiger charge is -2.33. The normalized spacial score (nSPS) is 17.9. The zero-order valence-electron chi connectivity index (χ0n) is 16.7. The van der Waals surface area contributed by atoms with Crippen molar-refractivity contribution in [3.8, 4) is 5.69 Å². The molecule has 0 unspecified atom stereocenters. The smallest absolute Gasteiger partial charge is 0.257 e. The SMILES string of the molecule is Cc1ccccc1-n1ncc(C(=O)N2CCC(C(=O)N3CCCC3)CC2)c1C. The summed E-state index contributed by atoms with van der Waals surface area (Å²) < 4.78 is 1.84. The Bertz CT molecular complexity index is 874. The first-order chi connectivity index (χ1) is 13.6. The minimum absolute atomic E-state index is 0.0180. The summed E-state index contributed by atoms with van der Waals surface area (Å²) in [5.74, 6) is 0.371. The average molecular weight is 380 g/mol. The Kier molecular flexibility index (Phi) is 5.20. The fourth-order valence-electron chi connectivity index (χ4n) is 4.36. The van der Waals surface area contributed by atoms with Crippen LogP contribution in [-0.4, -0.2) is 57.6 Å². The van der Waals surface area contributed by atoms with Gasteiger partial charge in [-0.1, -0.05) is 18.2 Å². The lowest BCUT2D eigenvalue weighted by molar-refractivity contribution is -0.135. The van der Waals surface area contributed by atoms with Gasteiger partial charge in [0.05, 0.1) is 23.1 Å². The van der Waals surface area contributed by atoms with E-state index < -0.39 is 0 Å². The summed E-state index contributed by atoms with van der Waals surface area (Å²) in [6, 6.07) is 8.03. The summed E-state index contributed by atoms with van der Waals surface area (Å²) in [5, 5.41) is 4.47. The second kappa shape index (κ2) is 7.78. The molecule has 1 aromatic carbocycles. The standard InChI is InChI=1S/C22H28N4O2/c1-16-7-3-4-8-20(16)26-17(2)19(15-23-26)22(28)25-13-9-18(10-14-25)21(27)24-11-5-6-12-24/h3-4,7-8,15,18H,5-6,9-14H2,1-2H3. The maximum atomic E-state index is 13.1. The zero-order chi connectivity index (χ0) is 19.7. The van der Waals surface area contributed by atoms with E-state index in [9.17, 15) is 9.59 Å². The van der Waals surface area contributed by atoms with Crippen LogP contribution in [0.2, 0.25) is 0 Å². The third-order valence-electron chi connectivity index (χ3n) is 6.13. The first-order valence-electron chi connectivity index (χ1n) is 10.2. The molecule has 0 bridgehead atoms. The number of amides is 2. The number of carbonyl (C=O) groups is 2. The monoisotopic (exact) mass is 380 g/mol. The molecule has 0 atom stereocenters. The lowest BCUT2D eigenvalue weighted by atomic mass is 9.95. The van der Waals surface area contributed by atoms with Crippen LogP contribution in [0, 0.1) is 19.8 Å². The molecule has 2 saturated heterocycles. The molecule has 28 heavy (non-hydrogen) atoms. The van der Waals surface area contributed by atoms with E-state index in [1.807, 2.05) is 52.6 Å². The predicted molar refractivity (Wildman–Crippen MR) is 107 cm³/mol. The van der Waals surface area contributed by atoms with Crippen LogP contribution >= 0.6 is 0 Å². The van der Waals surface area contributed by atoms with Gasteiger partial charge in [0.25, 0.3) is 5.91 Å². The Labute approximate surface area is 166 Å². The summed E-state index contributed by atoms with van der Waals surface area (Å²) in [4.78, 5) is 29.5. The number of benzene rings is 1. The van der Waals surface area contributed by atoms with Crippen LogP contribution in [-0.2, 0) is 4.79 Å². The lowest BCUT2D eigenvalue weighted by Crippen LogP contribution is -2.43. The second-order valence-corrected chi connectivity index (χ2v) is 7.94. The molecule has 0 radical (unpaired) electrons. The van der Waals surface area contributed by atoms with Gasteiger partial charge in [-0.25, -0.2) is 4.68 Å². The van der Waals surface area contributed by atoms with Gasteiger partial charge in [0.1, 0.15) is 0 Å². The van der Waals surface area contributed by atoms with Crippen LogP contribution in [0.15, 0.2) is 30.5 Å². The Morgan fingerprint density at radius 3 is 2.32 bits per heavy atom. The molecule has 1 aromatic heterocycles. The van der Waals surface area contributed by atoms with E-state index in [0.717, 1.165) is 55.7 Å². The molecule has 2 aliphatic rings. The zero-order valence-corrected chi connectivity index (χ0v) is 16.7. The van der Waals surface area contributed by atoms with Crippen LogP contribution in [0.4, 0.5) is 0 Å². The number of para-hydroxylation sites is 1. The molecular formula is C22H28N4O2. The van der Waals surface area contributed by atoms with Crippen molar-refractivity contribution in [2.45, 2.75) is 39.5 Å². The van der Waals surface area contributed by atoms with Crippen LogP contribution < -0.4 is 0 Å².